The molecule has 1 atom stereocenters. The van der Waals surface area contributed by atoms with Gasteiger partial charge in [-0.2, -0.15) is 0 Å². The highest BCUT2D eigenvalue weighted by Gasteiger charge is 2.25. The van der Waals surface area contributed by atoms with Gasteiger partial charge in [0, 0.05) is 11.9 Å². The average Bonchev–Trinajstić information content (AvgIpc) is 2.67. The first-order valence-electron chi connectivity index (χ1n) is 4.72. The molecule has 0 spiro atoms. The Labute approximate surface area is 99.7 Å². The molecule has 1 unspecified atom stereocenters. The van der Waals surface area contributed by atoms with Crippen molar-refractivity contribution in [3.63, 3.8) is 0 Å². The van der Waals surface area contributed by atoms with Gasteiger partial charge in [0.1, 0.15) is 5.25 Å². The molecule has 6 nitrogen and oxygen atoms in total. The molecule has 0 radical (unpaired) electrons. The summed E-state index contributed by atoms with van der Waals surface area (Å²) in [6.45, 7) is 1.88. The van der Waals surface area contributed by atoms with Crippen LogP contribution in [-0.2, 0) is 16.6 Å². The van der Waals surface area contributed by atoms with Crippen LogP contribution in [0.2, 0.25) is 0 Å². The molecular formula is C8H14N4O2S2. The molecule has 0 aliphatic rings. The van der Waals surface area contributed by atoms with Crippen molar-refractivity contribution >= 4 is 27.2 Å². The van der Waals surface area contributed by atoms with Crippen LogP contribution in [0.15, 0.2) is 12.5 Å². The number of rotatable bonds is 6. The average molecular weight is 262 g/mol. The predicted octanol–water partition coefficient (Wildman–Crippen LogP) is -0.106. The van der Waals surface area contributed by atoms with Crippen molar-refractivity contribution in [1.82, 2.24) is 14.7 Å². The number of thiocarbonyl (C=S) groups is 1. The molecule has 1 heterocycles. The number of aromatic amines is 1. The summed E-state index contributed by atoms with van der Waals surface area (Å²) in [5, 5.41) is -0.828. The van der Waals surface area contributed by atoms with E-state index >= 15 is 0 Å². The Kier molecular flexibility index (Phi) is 4.39. The third-order valence-electron chi connectivity index (χ3n) is 2.08. The molecule has 0 bridgehead atoms. The van der Waals surface area contributed by atoms with Crippen LogP contribution in [0, 0.1) is 0 Å². The lowest BCUT2D eigenvalue weighted by Crippen LogP contribution is -2.41. The number of sulfonamides is 1. The lowest BCUT2D eigenvalue weighted by Gasteiger charge is -2.14. The van der Waals surface area contributed by atoms with E-state index in [1.165, 1.54) is 6.33 Å². The molecule has 4 N–H and O–H groups in total. The van der Waals surface area contributed by atoms with Gasteiger partial charge in [0.05, 0.1) is 17.9 Å². The quantitative estimate of drug-likeness (QED) is 0.621. The fourth-order valence-corrected chi connectivity index (χ4v) is 3.08. The second kappa shape index (κ2) is 5.37. The molecule has 0 saturated carbocycles. The largest absolute Gasteiger partial charge is 0.392 e. The lowest BCUT2D eigenvalue weighted by atomic mass is 10.3. The molecule has 0 aliphatic heterocycles. The molecule has 0 aliphatic carbocycles. The van der Waals surface area contributed by atoms with E-state index in [1.807, 2.05) is 0 Å². The Morgan fingerprint density at radius 2 is 2.44 bits per heavy atom. The molecular weight excluding hydrogens is 248 g/mol. The summed E-state index contributed by atoms with van der Waals surface area (Å²) in [5.41, 5.74) is 6.06. The molecule has 1 aromatic rings. The van der Waals surface area contributed by atoms with Gasteiger partial charge in [0.15, 0.2) is 0 Å². The van der Waals surface area contributed by atoms with Crippen molar-refractivity contribution < 1.29 is 8.42 Å². The molecule has 16 heavy (non-hydrogen) atoms. The van der Waals surface area contributed by atoms with Gasteiger partial charge in [-0.05, 0) is 6.42 Å². The first-order valence-corrected chi connectivity index (χ1v) is 6.68. The molecule has 1 aromatic heterocycles. The van der Waals surface area contributed by atoms with Crippen molar-refractivity contribution in [2.45, 2.75) is 25.1 Å². The normalized spacial score (nSPS) is 13.6. The van der Waals surface area contributed by atoms with Crippen LogP contribution in [0.5, 0.6) is 0 Å². The summed E-state index contributed by atoms with van der Waals surface area (Å²) in [6.07, 6.45) is 3.38. The highest BCUT2D eigenvalue weighted by Crippen LogP contribution is 2.05. The SMILES string of the molecule is CCC(C(N)=S)S(=O)(=O)NCc1cnc[nH]1. The molecule has 8 heteroatoms. The summed E-state index contributed by atoms with van der Waals surface area (Å²) in [4.78, 5) is 6.56. The van der Waals surface area contributed by atoms with Crippen LogP contribution in [0.3, 0.4) is 0 Å². The highest BCUT2D eigenvalue weighted by atomic mass is 32.2. The van der Waals surface area contributed by atoms with Crippen LogP contribution >= 0.6 is 12.2 Å². The Morgan fingerprint density at radius 1 is 1.75 bits per heavy atom. The van der Waals surface area contributed by atoms with E-state index in [2.05, 4.69) is 14.7 Å². The minimum Gasteiger partial charge on any atom is -0.392 e. The van der Waals surface area contributed by atoms with E-state index in [-0.39, 0.29) is 11.5 Å². The van der Waals surface area contributed by atoms with Crippen molar-refractivity contribution in [2.24, 2.45) is 5.73 Å². The molecule has 1 rings (SSSR count). The zero-order valence-electron chi connectivity index (χ0n) is 8.80. The number of imidazole rings is 1. The lowest BCUT2D eigenvalue weighted by molar-refractivity contribution is 0.573. The first kappa shape index (κ1) is 13.1. The van der Waals surface area contributed by atoms with Gasteiger partial charge in [-0.1, -0.05) is 19.1 Å². The third kappa shape index (κ3) is 3.26. The summed E-state index contributed by atoms with van der Waals surface area (Å²) >= 11 is 4.72. The summed E-state index contributed by atoms with van der Waals surface area (Å²) in [5.74, 6) is 0. The Balaban J connectivity index is 2.67. The summed E-state index contributed by atoms with van der Waals surface area (Å²) < 4.78 is 26.0. The number of H-pyrrole nitrogens is 1. The monoisotopic (exact) mass is 262 g/mol. The molecule has 0 aromatic carbocycles. The van der Waals surface area contributed by atoms with Crippen LogP contribution < -0.4 is 10.5 Å². The van der Waals surface area contributed by atoms with E-state index < -0.39 is 15.3 Å². The Hall–Kier alpha value is -0.990. The first-order chi connectivity index (χ1) is 7.47. The smallest absolute Gasteiger partial charge is 0.221 e. The minimum absolute atomic E-state index is 0.0142. The van der Waals surface area contributed by atoms with Crippen molar-refractivity contribution in [3.05, 3.63) is 18.2 Å². The van der Waals surface area contributed by atoms with E-state index in [4.69, 9.17) is 18.0 Å². The third-order valence-corrected chi connectivity index (χ3v) is 4.40. The fourth-order valence-electron chi connectivity index (χ4n) is 1.23. The van der Waals surface area contributed by atoms with Crippen molar-refractivity contribution in [1.29, 1.82) is 0 Å². The number of hydrogen-bond acceptors (Lipinski definition) is 4. The molecule has 0 saturated heterocycles. The van der Waals surface area contributed by atoms with Crippen molar-refractivity contribution in [3.8, 4) is 0 Å². The predicted molar refractivity (Wildman–Crippen MR) is 65.2 cm³/mol. The van der Waals surface area contributed by atoms with Crippen LogP contribution in [0.25, 0.3) is 0 Å². The minimum atomic E-state index is -3.51. The van der Waals surface area contributed by atoms with Crippen LogP contribution in [0.1, 0.15) is 19.0 Å². The zero-order valence-corrected chi connectivity index (χ0v) is 10.4. The van der Waals surface area contributed by atoms with Gasteiger partial charge in [0.2, 0.25) is 10.0 Å². The molecule has 90 valence electrons. The van der Waals surface area contributed by atoms with Gasteiger partial charge in [-0.15, -0.1) is 0 Å². The van der Waals surface area contributed by atoms with E-state index in [1.54, 1.807) is 13.1 Å². The van der Waals surface area contributed by atoms with Gasteiger partial charge in [-0.3, -0.25) is 0 Å². The number of nitrogens with two attached hydrogens (primary N) is 1. The van der Waals surface area contributed by atoms with Crippen LogP contribution in [0.4, 0.5) is 0 Å². The van der Waals surface area contributed by atoms with Gasteiger partial charge >= 0.3 is 0 Å². The second-order valence-electron chi connectivity index (χ2n) is 3.24. The molecule has 0 fully saturated rings. The maximum atomic E-state index is 11.8. The number of hydrogen-bond donors (Lipinski definition) is 3. The zero-order chi connectivity index (χ0) is 12.2. The van der Waals surface area contributed by atoms with E-state index in [9.17, 15) is 8.42 Å². The standard InChI is InChI=1S/C8H14N4O2S2/c1-2-7(8(9)15)16(13,14)12-4-6-3-10-5-11-6/h3,5,7,12H,2,4H2,1H3,(H2,9,15)(H,10,11). The van der Waals surface area contributed by atoms with E-state index in [0.717, 1.165) is 0 Å². The van der Waals surface area contributed by atoms with Gasteiger partial charge < -0.3 is 10.7 Å². The molecule has 0 amide bonds. The number of nitrogens with one attached hydrogen (secondary N) is 2. The number of aromatic nitrogens is 2. The summed E-state index contributed by atoms with van der Waals surface area (Å²) in [6, 6.07) is 0. The highest BCUT2D eigenvalue weighted by molar-refractivity contribution is 7.93. The Morgan fingerprint density at radius 3 is 2.88 bits per heavy atom. The van der Waals surface area contributed by atoms with Gasteiger partial charge in [-0.25, -0.2) is 18.1 Å². The fraction of sp³-hybridized carbons (Fsp3) is 0.500. The number of nitrogens with zero attached hydrogens (tertiary/aromatic N) is 1. The van der Waals surface area contributed by atoms with E-state index in [0.29, 0.717) is 12.1 Å². The van der Waals surface area contributed by atoms with Crippen molar-refractivity contribution in [2.75, 3.05) is 0 Å². The second-order valence-corrected chi connectivity index (χ2v) is 5.66. The van der Waals surface area contributed by atoms with Crippen LogP contribution in [-0.4, -0.2) is 28.6 Å². The maximum Gasteiger partial charge on any atom is 0.221 e. The van der Waals surface area contributed by atoms with Gasteiger partial charge in [0.25, 0.3) is 0 Å². The maximum absolute atomic E-state index is 11.8. The Bertz CT molecular complexity index is 441. The summed E-state index contributed by atoms with van der Waals surface area (Å²) in [7, 11) is -3.51. The topological polar surface area (TPSA) is 101 Å².